The second-order valence-electron chi connectivity index (χ2n) is 1.07. The summed E-state index contributed by atoms with van der Waals surface area (Å²) in [5, 5.41) is 15.5. The Labute approximate surface area is 50.5 Å². The molecule has 0 atom stereocenters. The van der Waals surface area contributed by atoms with Crippen LogP contribution >= 0.6 is 0 Å². The third-order valence-corrected chi connectivity index (χ3v) is 0.341. The minimum Gasteiger partial charge on any atom is -0.397 e. The van der Waals surface area contributed by atoms with Gasteiger partial charge in [-0.3, -0.25) is 0 Å². The number of aliphatic hydroxyl groups is 2. The van der Waals surface area contributed by atoms with Crippen LogP contribution in [-0.4, -0.2) is 23.4 Å². The summed E-state index contributed by atoms with van der Waals surface area (Å²) >= 11 is 0. The van der Waals surface area contributed by atoms with E-state index < -0.39 is 0 Å². The van der Waals surface area contributed by atoms with Crippen molar-refractivity contribution in [2.75, 3.05) is 13.2 Å². The summed E-state index contributed by atoms with van der Waals surface area (Å²) in [5.41, 5.74) is 0. The summed E-state index contributed by atoms with van der Waals surface area (Å²) in [6.07, 6.45) is 3.49. The molecule has 0 aliphatic rings. The highest BCUT2D eigenvalue weighted by atomic mass is 16.3. The summed E-state index contributed by atoms with van der Waals surface area (Å²) in [5.74, 6) is 0. The van der Waals surface area contributed by atoms with Crippen LogP contribution in [0.15, 0.2) is 12.2 Å². The Morgan fingerprint density at radius 3 is 1.75 bits per heavy atom. The van der Waals surface area contributed by atoms with Gasteiger partial charge in [-0.05, 0) is 13.8 Å². The van der Waals surface area contributed by atoms with Crippen LogP contribution in [0.2, 0.25) is 0 Å². The Bertz CT molecular complexity index is 41.8. The van der Waals surface area contributed by atoms with Crippen molar-refractivity contribution in [3.05, 3.63) is 12.2 Å². The van der Waals surface area contributed by atoms with Gasteiger partial charge in [0.15, 0.2) is 0 Å². The van der Waals surface area contributed by atoms with E-state index in [0.717, 1.165) is 0 Å². The summed E-state index contributed by atoms with van der Waals surface area (Å²) in [6.45, 7) is 3.96. The van der Waals surface area contributed by atoms with E-state index >= 15 is 0 Å². The predicted molar refractivity (Wildman–Crippen MR) is 34.7 cm³/mol. The molecule has 0 aliphatic heterocycles. The maximum absolute atomic E-state index is 7.98. The molecule has 0 aliphatic carbocycles. The van der Waals surface area contributed by atoms with Gasteiger partial charge >= 0.3 is 0 Å². The van der Waals surface area contributed by atoms with Crippen molar-refractivity contribution in [3.63, 3.8) is 0 Å². The molecule has 0 radical (unpaired) electrons. The van der Waals surface area contributed by atoms with Crippen molar-refractivity contribution in [2.24, 2.45) is 0 Å². The molecule has 0 saturated heterocycles. The van der Waals surface area contributed by atoms with E-state index in [1.54, 1.807) is 19.1 Å². The zero-order chi connectivity index (χ0) is 6.83. The molecule has 0 amide bonds. The molecule has 0 aromatic rings. The number of allylic oxidation sites excluding steroid dienone is 1. The Morgan fingerprint density at radius 1 is 1.38 bits per heavy atom. The summed E-state index contributed by atoms with van der Waals surface area (Å²) in [7, 11) is 0. The van der Waals surface area contributed by atoms with Crippen LogP contribution in [0.3, 0.4) is 0 Å². The fourth-order valence-corrected chi connectivity index (χ4v) is 0.105. The average Bonchev–Trinajstić information content (AvgIpc) is 1.71. The van der Waals surface area contributed by atoms with Crippen molar-refractivity contribution < 1.29 is 10.2 Å². The topological polar surface area (TPSA) is 40.5 Å². The Balaban J connectivity index is 0. The van der Waals surface area contributed by atoms with Crippen molar-refractivity contribution in [2.45, 2.75) is 13.8 Å². The number of rotatable bonds is 1. The molecule has 0 saturated carbocycles. The summed E-state index contributed by atoms with van der Waals surface area (Å²) in [6, 6.07) is 0. The van der Waals surface area contributed by atoms with Gasteiger partial charge in [0.05, 0.1) is 6.61 Å². The molecular formula is C6H14O2. The van der Waals surface area contributed by atoms with Crippen LogP contribution in [0.25, 0.3) is 0 Å². The van der Waals surface area contributed by atoms with Crippen LogP contribution in [-0.2, 0) is 0 Å². The van der Waals surface area contributed by atoms with Gasteiger partial charge in [0.2, 0.25) is 0 Å². The number of aliphatic hydroxyl groups excluding tert-OH is 2. The lowest BCUT2D eigenvalue weighted by molar-refractivity contribution is 0.318. The number of hydrogen-bond acceptors (Lipinski definition) is 2. The molecule has 50 valence electrons. The van der Waals surface area contributed by atoms with Gasteiger partial charge in [0, 0.05) is 6.61 Å². The first-order valence-corrected chi connectivity index (χ1v) is 2.66. The van der Waals surface area contributed by atoms with E-state index in [2.05, 4.69) is 0 Å². The lowest BCUT2D eigenvalue weighted by Crippen LogP contribution is -1.65. The maximum atomic E-state index is 7.98. The van der Waals surface area contributed by atoms with Crippen molar-refractivity contribution in [1.29, 1.82) is 0 Å². The zero-order valence-electron chi connectivity index (χ0n) is 5.46. The number of hydrogen-bond donors (Lipinski definition) is 2. The zero-order valence-corrected chi connectivity index (χ0v) is 5.46. The third-order valence-electron chi connectivity index (χ3n) is 0.341. The van der Waals surface area contributed by atoms with Gasteiger partial charge in [0.25, 0.3) is 0 Å². The first kappa shape index (κ1) is 10.6. The van der Waals surface area contributed by atoms with Gasteiger partial charge in [0.1, 0.15) is 0 Å². The molecule has 0 heterocycles. The minimum absolute atomic E-state index is 0.163. The van der Waals surface area contributed by atoms with Crippen LogP contribution in [0.5, 0.6) is 0 Å². The molecule has 2 heteroatoms. The molecular weight excluding hydrogens is 104 g/mol. The normalized spacial score (nSPS) is 8.50. The molecule has 0 fully saturated rings. The van der Waals surface area contributed by atoms with Gasteiger partial charge in [-0.2, -0.15) is 0 Å². The second kappa shape index (κ2) is 15.9. The monoisotopic (exact) mass is 118 g/mol. The van der Waals surface area contributed by atoms with Crippen molar-refractivity contribution in [3.8, 4) is 0 Å². The highest BCUT2D eigenvalue weighted by Crippen LogP contribution is 1.60. The maximum Gasteiger partial charge on any atom is 0.0612 e. The molecule has 0 aromatic heterocycles. The molecule has 8 heavy (non-hydrogen) atoms. The van der Waals surface area contributed by atoms with Crippen LogP contribution in [0.4, 0.5) is 0 Å². The predicted octanol–water partition coefficient (Wildman–Crippen LogP) is 0.553. The summed E-state index contributed by atoms with van der Waals surface area (Å²) < 4.78 is 0. The van der Waals surface area contributed by atoms with Gasteiger partial charge < -0.3 is 10.2 Å². The van der Waals surface area contributed by atoms with E-state index in [0.29, 0.717) is 0 Å². The van der Waals surface area contributed by atoms with Crippen LogP contribution < -0.4 is 0 Å². The second-order valence-corrected chi connectivity index (χ2v) is 1.07. The fourth-order valence-electron chi connectivity index (χ4n) is 0.105. The minimum atomic E-state index is 0.163. The molecule has 0 aromatic carbocycles. The third kappa shape index (κ3) is 44.6. The van der Waals surface area contributed by atoms with E-state index in [4.69, 9.17) is 10.2 Å². The first-order chi connectivity index (χ1) is 3.83. The van der Waals surface area contributed by atoms with Gasteiger partial charge in [-0.25, -0.2) is 0 Å². The molecule has 0 rings (SSSR count). The SMILES string of the molecule is CC=CCO.CCO. The largest absolute Gasteiger partial charge is 0.397 e. The van der Waals surface area contributed by atoms with E-state index in [-0.39, 0.29) is 13.2 Å². The molecule has 0 unspecified atom stereocenters. The molecule has 0 spiro atoms. The summed E-state index contributed by atoms with van der Waals surface area (Å²) in [4.78, 5) is 0. The Kier molecular flexibility index (Phi) is 21.1. The molecule has 0 bridgehead atoms. The van der Waals surface area contributed by atoms with Crippen molar-refractivity contribution >= 4 is 0 Å². The highest BCUT2D eigenvalue weighted by molar-refractivity contribution is 4.74. The molecule has 2 nitrogen and oxygen atoms in total. The molecule has 2 N–H and O–H groups in total. The highest BCUT2D eigenvalue weighted by Gasteiger charge is 1.52. The Hall–Kier alpha value is -0.340. The quantitative estimate of drug-likeness (QED) is 0.494. The van der Waals surface area contributed by atoms with Crippen LogP contribution in [0, 0.1) is 0 Å². The van der Waals surface area contributed by atoms with Gasteiger partial charge in [-0.15, -0.1) is 0 Å². The lowest BCUT2D eigenvalue weighted by atomic mass is 10.6. The smallest absolute Gasteiger partial charge is 0.0612 e. The Morgan fingerprint density at radius 2 is 1.75 bits per heavy atom. The van der Waals surface area contributed by atoms with Crippen LogP contribution in [0.1, 0.15) is 13.8 Å². The van der Waals surface area contributed by atoms with Gasteiger partial charge in [-0.1, -0.05) is 12.2 Å². The van der Waals surface area contributed by atoms with Crippen molar-refractivity contribution in [1.82, 2.24) is 0 Å². The van der Waals surface area contributed by atoms with E-state index in [1.165, 1.54) is 0 Å². The lowest BCUT2D eigenvalue weighted by Gasteiger charge is -1.66. The first-order valence-electron chi connectivity index (χ1n) is 2.66. The average molecular weight is 118 g/mol. The van der Waals surface area contributed by atoms with E-state index in [9.17, 15) is 0 Å². The standard InChI is InChI=1S/C4H8O.C2H6O/c1-2-3-4-5;1-2-3/h2-3,5H,4H2,1H3;3H,2H2,1H3. The van der Waals surface area contributed by atoms with E-state index in [1.807, 2.05) is 6.92 Å². The fraction of sp³-hybridized carbons (Fsp3) is 0.667.